The minimum absolute atomic E-state index is 0.155. The van der Waals surface area contributed by atoms with Crippen LogP contribution in [0.3, 0.4) is 0 Å². The highest BCUT2D eigenvalue weighted by molar-refractivity contribution is 7.07. The highest BCUT2D eigenvalue weighted by atomic mass is 32.1. The zero-order chi connectivity index (χ0) is 24.1. The molecule has 0 spiro atoms. The fourth-order valence-corrected chi connectivity index (χ4v) is 5.58. The average molecular weight is 474 g/mol. The molecule has 2 aliphatic rings. The van der Waals surface area contributed by atoms with Crippen molar-refractivity contribution < 1.29 is 19.1 Å². The van der Waals surface area contributed by atoms with Crippen molar-refractivity contribution in [2.24, 2.45) is 4.99 Å². The van der Waals surface area contributed by atoms with E-state index in [1.165, 1.54) is 18.6 Å². The Morgan fingerprint density at radius 3 is 2.38 bits per heavy atom. The molecule has 3 heterocycles. The molecule has 34 heavy (non-hydrogen) atoms. The first-order chi connectivity index (χ1) is 16.3. The maximum atomic E-state index is 13.8. The maximum Gasteiger partial charge on any atom is 0.338 e. The molecule has 1 atom stereocenters. The number of imide groups is 1. The van der Waals surface area contributed by atoms with Crippen molar-refractivity contribution in [3.8, 4) is 0 Å². The van der Waals surface area contributed by atoms with Gasteiger partial charge >= 0.3 is 5.97 Å². The third-order valence-corrected chi connectivity index (χ3v) is 6.94. The molecule has 2 amide bonds. The van der Waals surface area contributed by atoms with Crippen LogP contribution in [-0.2, 0) is 19.1 Å². The molecule has 0 fully saturated rings. The smallest absolute Gasteiger partial charge is 0.338 e. The van der Waals surface area contributed by atoms with Crippen molar-refractivity contribution in [3.63, 3.8) is 0 Å². The second-order valence-electron chi connectivity index (χ2n) is 7.86. The van der Waals surface area contributed by atoms with Crippen LogP contribution < -0.4 is 19.8 Å². The predicted octanol–water partition coefficient (Wildman–Crippen LogP) is 1.67. The van der Waals surface area contributed by atoms with E-state index in [4.69, 9.17) is 4.74 Å². The molecule has 0 radical (unpaired) electrons. The van der Waals surface area contributed by atoms with Crippen LogP contribution in [0.15, 0.2) is 75.7 Å². The highest BCUT2D eigenvalue weighted by Gasteiger charge is 2.38. The normalized spacial score (nSPS) is 18.4. The summed E-state index contributed by atoms with van der Waals surface area (Å²) in [4.78, 5) is 58.1. The number of fused-ring (bicyclic) bond motifs is 2. The summed E-state index contributed by atoms with van der Waals surface area (Å²) in [6.45, 7) is 3.00. The van der Waals surface area contributed by atoms with Gasteiger partial charge in [-0.05, 0) is 18.6 Å². The van der Waals surface area contributed by atoms with Crippen LogP contribution in [0.25, 0.3) is 5.57 Å². The number of carbonyl (C=O) groups is 3. The molecular formula is C25H19N3O5S. The molecule has 2 aliphatic heterocycles. The van der Waals surface area contributed by atoms with E-state index in [0.29, 0.717) is 27.3 Å². The van der Waals surface area contributed by atoms with Crippen LogP contribution >= 0.6 is 11.3 Å². The number of esters is 1. The van der Waals surface area contributed by atoms with Crippen LogP contribution in [0.2, 0.25) is 0 Å². The summed E-state index contributed by atoms with van der Waals surface area (Å²) in [5, 5.41) is 0. The molecular weight excluding hydrogens is 454 g/mol. The first-order valence-corrected chi connectivity index (χ1v) is 11.3. The van der Waals surface area contributed by atoms with Gasteiger partial charge in [-0.3, -0.25) is 19.0 Å². The summed E-state index contributed by atoms with van der Waals surface area (Å²) >= 11 is 1.07. The van der Waals surface area contributed by atoms with Crippen molar-refractivity contribution in [2.45, 2.75) is 19.9 Å². The van der Waals surface area contributed by atoms with E-state index in [0.717, 1.165) is 16.2 Å². The van der Waals surface area contributed by atoms with Gasteiger partial charge in [0.2, 0.25) is 5.91 Å². The summed E-state index contributed by atoms with van der Waals surface area (Å²) in [7, 11) is 1.28. The molecule has 170 valence electrons. The minimum Gasteiger partial charge on any atom is -0.466 e. The summed E-state index contributed by atoms with van der Waals surface area (Å²) in [5.74, 6) is -1.58. The van der Waals surface area contributed by atoms with Crippen LogP contribution in [0.4, 0.5) is 5.69 Å². The summed E-state index contributed by atoms with van der Waals surface area (Å²) in [6.07, 6.45) is 0. The van der Waals surface area contributed by atoms with Crippen molar-refractivity contribution in [3.05, 3.63) is 96.7 Å². The number of ether oxygens (including phenoxy) is 1. The van der Waals surface area contributed by atoms with Crippen LogP contribution in [0.5, 0.6) is 0 Å². The van der Waals surface area contributed by atoms with Gasteiger partial charge in [0.25, 0.3) is 11.5 Å². The number of benzene rings is 2. The lowest BCUT2D eigenvalue weighted by Crippen LogP contribution is -2.41. The zero-order valence-corrected chi connectivity index (χ0v) is 19.4. The van der Waals surface area contributed by atoms with Crippen LogP contribution in [0.1, 0.15) is 31.0 Å². The molecule has 1 aromatic heterocycles. The molecule has 0 N–H and O–H groups in total. The maximum absolute atomic E-state index is 13.8. The zero-order valence-electron chi connectivity index (χ0n) is 18.6. The summed E-state index contributed by atoms with van der Waals surface area (Å²) in [5.41, 5.74) is 2.03. The Balaban J connectivity index is 1.86. The molecule has 1 unspecified atom stereocenters. The van der Waals surface area contributed by atoms with Gasteiger partial charge in [0.05, 0.1) is 35.7 Å². The molecule has 9 heteroatoms. The van der Waals surface area contributed by atoms with Crippen molar-refractivity contribution >= 4 is 40.4 Å². The summed E-state index contributed by atoms with van der Waals surface area (Å²) < 4.78 is 6.60. The summed E-state index contributed by atoms with van der Waals surface area (Å²) in [6, 6.07) is 15.2. The van der Waals surface area contributed by atoms with Gasteiger partial charge in [0.15, 0.2) is 4.80 Å². The Morgan fingerprint density at radius 2 is 1.71 bits per heavy atom. The van der Waals surface area contributed by atoms with Crippen molar-refractivity contribution in [1.29, 1.82) is 0 Å². The van der Waals surface area contributed by atoms with E-state index in [1.807, 2.05) is 30.3 Å². The van der Waals surface area contributed by atoms with E-state index in [1.54, 1.807) is 31.2 Å². The fraction of sp³-hybridized carbons (Fsp3) is 0.160. The Labute approximate surface area is 197 Å². The SMILES string of the molecule is COC(=O)C1=C(C)N=c2sc(=C3C(=O)N(C(C)=O)c4ccccc43)c(=O)n2C1c1ccccc1. The van der Waals surface area contributed by atoms with E-state index in [-0.39, 0.29) is 15.7 Å². The molecule has 0 saturated carbocycles. The highest BCUT2D eigenvalue weighted by Crippen LogP contribution is 2.35. The Morgan fingerprint density at radius 1 is 1.03 bits per heavy atom. The number of anilines is 1. The third-order valence-electron chi connectivity index (χ3n) is 5.89. The molecule has 3 aromatic rings. The quantitative estimate of drug-likeness (QED) is 0.528. The van der Waals surface area contributed by atoms with Crippen molar-refractivity contribution in [1.82, 2.24) is 4.57 Å². The van der Waals surface area contributed by atoms with Crippen LogP contribution in [0, 0.1) is 0 Å². The minimum atomic E-state index is -0.769. The number of para-hydroxylation sites is 1. The van der Waals surface area contributed by atoms with E-state index < -0.39 is 29.4 Å². The third kappa shape index (κ3) is 3.08. The Hall–Kier alpha value is -4.11. The van der Waals surface area contributed by atoms with Gasteiger partial charge in [-0.2, -0.15) is 0 Å². The predicted molar refractivity (Wildman–Crippen MR) is 126 cm³/mol. The molecule has 0 bridgehead atoms. The molecule has 8 nitrogen and oxygen atoms in total. The molecule has 2 aromatic carbocycles. The number of rotatable bonds is 2. The van der Waals surface area contributed by atoms with E-state index >= 15 is 0 Å². The number of allylic oxidation sites excluding steroid dienone is 1. The van der Waals surface area contributed by atoms with Gasteiger partial charge in [-0.15, -0.1) is 0 Å². The number of hydrogen-bond acceptors (Lipinski definition) is 7. The molecule has 5 rings (SSSR count). The average Bonchev–Trinajstić information content (AvgIpc) is 3.30. The standard InChI is InChI=1S/C25H19N3O5S/c1-13-18(24(32)33-3)20(15-9-5-4-6-10-15)28-23(31)21(34-25(28)26-13)19-16-11-7-8-12-17(16)27(14(2)29)22(19)30/h4-12,20H,1-3H3. The Kier molecular flexibility index (Phi) is 5.13. The van der Waals surface area contributed by atoms with Gasteiger partial charge in [0, 0.05) is 12.5 Å². The number of aromatic nitrogens is 1. The topological polar surface area (TPSA) is 98.0 Å². The van der Waals surface area contributed by atoms with Gasteiger partial charge in [0.1, 0.15) is 4.53 Å². The number of amides is 2. The van der Waals surface area contributed by atoms with Crippen molar-refractivity contribution in [2.75, 3.05) is 12.0 Å². The largest absolute Gasteiger partial charge is 0.466 e. The van der Waals surface area contributed by atoms with E-state index in [9.17, 15) is 19.2 Å². The van der Waals surface area contributed by atoms with Crippen LogP contribution in [-0.4, -0.2) is 29.5 Å². The first-order valence-electron chi connectivity index (χ1n) is 10.5. The molecule has 0 saturated heterocycles. The number of methoxy groups -OCH3 is 1. The monoisotopic (exact) mass is 473 g/mol. The molecule has 0 aliphatic carbocycles. The van der Waals surface area contributed by atoms with Gasteiger partial charge < -0.3 is 4.74 Å². The van der Waals surface area contributed by atoms with E-state index in [2.05, 4.69) is 4.99 Å². The first kappa shape index (κ1) is 21.7. The number of nitrogens with zero attached hydrogens (tertiary/aromatic N) is 3. The Bertz CT molecular complexity index is 1600. The lowest BCUT2D eigenvalue weighted by atomic mass is 9.96. The second-order valence-corrected chi connectivity index (χ2v) is 8.83. The number of carbonyl (C=O) groups excluding carboxylic acids is 3. The second kappa shape index (κ2) is 8.03. The lowest BCUT2D eigenvalue weighted by molar-refractivity contribution is -0.136. The number of thiazole rings is 1. The lowest BCUT2D eigenvalue weighted by Gasteiger charge is -2.24. The fourth-order valence-electron chi connectivity index (χ4n) is 4.44. The number of hydrogen-bond donors (Lipinski definition) is 0. The van der Waals surface area contributed by atoms with Gasteiger partial charge in [-0.1, -0.05) is 59.9 Å². The van der Waals surface area contributed by atoms with Gasteiger partial charge in [-0.25, -0.2) is 14.7 Å².